The molecule has 0 saturated heterocycles. The predicted octanol–water partition coefficient (Wildman–Crippen LogP) is 6.23. The Balaban J connectivity index is 1.49. The molecule has 2 heterocycles. The molecule has 0 radical (unpaired) electrons. The highest BCUT2D eigenvalue weighted by Gasteiger charge is 2.30. The molecule has 1 amide bonds. The zero-order chi connectivity index (χ0) is 24.5. The monoisotopic (exact) mass is 461 g/mol. The van der Waals surface area contributed by atoms with E-state index < -0.39 is 0 Å². The number of fused-ring (bicyclic) bond motifs is 1. The van der Waals surface area contributed by atoms with Gasteiger partial charge in [0.15, 0.2) is 5.76 Å². The van der Waals surface area contributed by atoms with Crippen LogP contribution in [-0.4, -0.2) is 18.1 Å². The highest BCUT2D eigenvalue weighted by molar-refractivity contribution is 5.91. The van der Waals surface area contributed by atoms with Crippen LogP contribution in [0.4, 0.5) is 0 Å². The Bertz CT molecular complexity index is 1210. The topological polar surface area (TPSA) is 60.7 Å². The van der Waals surface area contributed by atoms with Gasteiger partial charge in [0.1, 0.15) is 22.9 Å². The van der Waals surface area contributed by atoms with E-state index in [0.717, 1.165) is 35.7 Å². The van der Waals surface area contributed by atoms with Crippen LogP contribution in [0.25, 0.3) is 0 Å². The Morgan fingerprint density at radius 3 is 2.59 bits per heavy atom. The first-order chi connectivity index (χ1) is 16.2. The Kier molecular flexibility index (Phi) is 6.74. The molecule has 1 aliphatic heterocycles. The SMILES string of the molecule is CCOc1ccccc1CNC(=O)c1ccc(Cc2c(C)c(C)c3c(c2C)CCC(C)(C)O3)o1. The minimum Gasteiger partial charge on any atom is -0.494 e. The summed E-state index contributed by atoms with van der Waals surface area (Å²) in [7, 11) is 0. The van der Waals surface area contributed by atoms with Gasteiger partial charge in [0.25, 0.3) is 5.91 Å². The van der Waals surface area contributed by atoms with E-state index in [0.29, 0.717) is 25.3 Å². The average molecular weight is 462 g/mol. The summed E-state index contributed by atoms with van der Waals surface area (Å²) < 4.78 is 18.0. The molecule has 0 spiro atoms. The van der Waals surface area contributed by atoms with Gasteiger partial charge in [-0.05, 0) is 100 Å². The molecule has 1 aliphatic rings. The van der Waals surface area contributed by atoms with Crippen LogP contribution in [0, 0.1) is 20.8 Å². The van der Waals surface area contributed by atoms with Crippen molar-refractivity contribution in [2.75, 3.05) is 6.61 Å². The number of carbonyl (C=O) groups is 1. The van der Waals surface area contributed by atoms with Crippen LogP contribution < -0.4 is 14.8 Å². The van der Waals surface area contributed by atoms with Crippen LogP contribution in [0.1, 0.15) is 76.9 Å². The number of para-hydroxylation sites is 1. The molecule has 0 aliphatic carbocycles. The first-order valence-corrected chi connectivity index (χ1v) is 12.1. The second-order valence-corrected chi connectivity index (χ2v) is 9.69. The first kappa shape index (κ1) is 23.9. The van der Waals surface area contributed by atoms with Crippen molar-refractivity contribution in [1.82, 2.24) is 5.32 Å². The average Bonchev–Trinajstić information content (AvgIpc) is 3.28. The summed E-state index contributed by atoms with van der Waals surface area (Å²) >= 11 is 0. The van der Waals surface area contributed by atoms with Crippen LogP contribution in [0.5, 0.6) is 11.5 Å². The van der Waals surface area contributed by atoms with Crippen molar-refractivity contribution >= 4 is 5.91 Å². The molecule has 4 rings (SSSR count). The summed E-state index contributed by atoms with van der Waals surface area (Å²) in [6.45, 7) is 13.7. The Hall–Kier alpha value is -3.21. The molecule has 0 fully saturated rings. The predicted molar refractivity (Wildman–Crippen MR) is 134 cm³/mol. The zero-order valence-electron chi connectivity index (χ0n) is 21.1. The molecule has 3 aromatic rings. The molecular weight excluding hydrogens is 426 g/mol. The lowest BCUT2D eigenvalue weighted by Gasteiger charge is -2.35. The van der Waals surface area contributed by atoms with Crippen molar-refractivity contribution in [3.8, 4) is 11.5 Å². The van der Waals surface area contributed by atoms with E-state index in [1.54, 1.807) is 6.07 Å². The highest BCUT2D eigenvalue weighted by Crippen LogP contribution is 2.41. The molecule has 0 atom stereocenters. The van der Waals surface area contributed by atoms with Crippen LogP contribution in [0.3, 0.4) is 0 Å². The van der Waals surface area contributed by atoms with Crippen molar-refractivity contribution in [3.63, 3.8) is 0 Å². The normalized spacial score (nSPS) is 14.3. The number of nitrogens with one attached hydrogen (secondary N) is 1. The third kappa shape index (κ3) is 4.84. The lowest BCUT2D eigenvalue weighted by atomic mass is 9.84. The van der Waals surface area contributed by atoms with E-state index in [4.69, 9.17) is 13.9 Å². The standard InChI is InChI=1S/C29H35NO4/c1-7-32-25-11-9-8-10-21(25)17-30-28(31)26-13-12-22(33-26)16-24-18(2)19(3)27-23(20(24)4)14-15-29(5,6)34-27/h8-13H,7,14-17H2,1-6H3,(H,30,31). The number of hydrogen-bond acceptors (Lipinski definition) is 4. The van der Waals surface area contributed by atoms with E-state index in [1.165, 1.54) is 27.8 Å². The lowest BCUT2D eigenvalue weighted by molar-refractivity contribution is 0.0833. The van der Waals surface area contributed by atoms with Gasteiger partial charge in [0.2, 0.25) is 0 Å². The van der Waals surface area contributed by atoms with E-state index in [2.05, 4.69) is 39.9 Å². The van der Waals surface area contributed by atoms with Gasteiger partial charge in [-0.1, -0.05) is 18.2 Å². The van der Waals surface area contributed by atoms with Crippen LogP contribution in [-0.2, 0) is 19.4 Å². The van der Waals surface area contributed by atoms with Crippen molar-refractivity contribution in [3.05, 3.63) is 81.3 Å². The van der Waals surface area contributed by atoms with Gasteiger partial charge < -0.3 is 19.2 Å². The molecule has 180 valence electrons. The van der Waals surface area contributed by atoms with Crippen molar-refractivity contribution < 1.29 is 18.7 Å². The number of carbonyl (C=O) groups excluding carboxylic acids is 1. The highest BCUT2D eigenvalue weighted by atomic mass is 16.5. The summed E-state index contributed by atoms with van der Waals surface area (Å²) in [5.41, 5.74) is 7.05. The number of amides is 1. The number of furan rings is 1. The fourth-order valence-corrected chi connectivity index (χ4v) is 4.69. The van der Waals surface area contributed by atoms with Gasteiger partial charge in [-0.3, -0.25) is 4.79 Å². The van der Waals surface area contributed by atoms with Crippen molar-refractivity contribution in [2.45, 2.75) is 73.0 Å². The van der Waals surface area contributed by atoms with Gasteiger partial charge in [-0.15, -0.1) is 0 Å². The lowest BCUT2D eigenvalue weighted by Crippen LogP contribution is -2.33. The maximum absolute atomic E-state index is 12.7. The smallest absolute Gasteiger partial charge is 0.287 e. The minimum absolute atomic E-state index is 0.134. The van der Waals surface area contributed by atoms with Gasteiger partial charge in [-0.2, -0.15) is 0 Å². The van der Waals surface area contributed by atoms with Gasteiger partial charge in [0.05, 0.1) is 6.61 Å². The van der Waals surface area contributed by atoms with E-state index >= 15 is 0 Å². The molecule has 1 aromatic heterocycles. The van der Waals surface area contributed by atoms with E-state index in [-0.39, 0.29) is 11.5 Å². The maximum Gasteiger partial charge on any atom is 0.287 e. The molecule has 5 heteroatoms. The zero-order valence-corrected chi connectivity index (χ0v) is 21.1. The first-order valence-electron chi connectivity index (χ1n) is 12.1. The molecule has 2 aromatic carbocycles. The molecule has 0 bridgehead atoms. The second-order valence-electron chi connectivity index (χ2n) is 9.69. The number of hydrogen-bond donors (Lipinski definition) is 1. The summed E-state index contributed by atoms with van der Waals surface area (Å²) in [5, 5.41) is 2.94. The molecule has 34 heavy (non-hydrogen) atoms. The van der Waals surface area contributed by atoms with Gasteiger partial charge >= 0.3 is 0 Å². The Labute approximate surface area is 202 Å². The summed E-state index contributed by atoms with van der Waals surface area (Å²) in [4.78, 5) is 12.7. The maximum atomic E-state index is 12.7. The third-order valence-electron chi connectivity index (χ3n) is 6.84. The van der Waals surface area contributed by atoms with Crippen molar-refractivity contribution in [1.29, 1.82) is 0 Å². The molecule has 0 unspecified atom stereocenters. The number of ether oxygens (including phenoxy) is 2. The molecule has 0 saturated carbocycles. The fraction of sp³-hybridized carbons (Fsp3) is 0.414. The quantitative estimate of drug-likeness (QED) is 0.453. The molecule has 1 N–H and O–H groups in total. The van der Waals surface area contributed by atoms with Crippen LogP contribution >= 0.6 is 0 Å². The van der Waals surface area contributed by atoms with E-state index in [1.807, 2.05) is 37.3 Å². The fourth-order valence-electron chi connectivity index (χ4n) is 4.69. The molecule has 5 nitrogen and oxygen atoms in total. The van der Waals surface area contributed by atoms with Crippen LogP contribution in [0.15, 0.2) is 40.8 Å². The second kappa shape index (κ2) is 9.57. The van der Waals surface area contributed by atoms with Crippen LogP contribution in [0.2, 0.25) is 0 Å². The summed E-state index contributed by atoms with van der Waals surface area (Å²) in [6, 6.07) is 11.4. The number of rotatable bonds is 7. The Morgan fingerprint density at radius 1 is 1.06 bits per heavy atom. The van der Waals surface area contributed by atoms with Crippen molar-refractivity contribution in [2.24, 2.45) is 0 Å². The third-order valence-corrected chi connectivity index (χ3v) is 6.84. The van der Waals surface area contributed by atoms with Gasteiger partial charge in [-0.25, -0.2) is 0 Å². The number of benzene rings is 2. The van der Waals surface area contributed by atoms with Gasteiger partial charge in [0, 0.05) is 18.5 Å². The minimum atomic E-state index is -0.233. The summed E-state index contributed by atoms with van der Waals surface area (Å²) in [6.07, 6.45) is 2.66. The molecular formula is C29H35NO4. The largest absolute Gasteiger partial charge is 0.494 e. The Morgan fingerprint density at radius 2 is 1.82 bits per heavy atom. The summed E-state index contributed by atoms with van der Waals surface area (Å²) in [5.74, 6) is 2.69. The van der Waals surface area contributed by atoms with E-state index in [9.17, 15) is 4.79 Å².